The quantitative estimate of drug-likeness (QED) is 0.754. The lowest BCUT2D eigenvalue weighted by molar-refractivity contribution is 0.0962. The fourth-order valence-electron chi connectivity index (χ4n) is 1.13. The second-order valence-electron chi connectivity index (χ2n) is 3.06. The SMILES string of the molecule is O=C(NNc1ccncc1)c1cccnc1. The van der Waals surface area contributed by atoms with E-state index in [2.05, 4.69) is 20.8 Å². The molecule has 0 aromatic carbocycles. The van der Waals surface area contributed by atoms with Gasteiger partial charge in [-0.15, -0.1) is 0 Å². The molecule has 2 aromatic rings. The van der Waals surface area contributed by atoms with Crippen LogP contribution in [0.2, 0.25) is 0 Å². The third-order valence-corrected chi connectivity index (χ3v) is 1.92. The van der Waals surface area contributed by atoms with Gasteiger partial charge in [-0.1, -0.05) is 0 Å². The van der Waals surface area contributed by atoms with E-state index < -0.39 is 0 Å². The van der Waals surface area contributed by atoms with E-state index in [1.807, 2.05) is 0 Å². The molecule has 0 fully saturated rings. The molecule has 2 N–H and O–H groups in total. The summed E-state index contributed by atoms with van der Waals surface area (Å²) in [6.45, 7) is 0. The van der Waals surface area contributed by atoms with E-state index in [0.717, 1.165) is 5.69 Å². The molecule has 0 spiro atoms. The predicted molar refractivity (Wildman–Crippen MR) is 59.6 cm³/mol. The number of hydrogen-bond acceptors (Lipinski definition) is 4. The average Bonchev–Trinajstić information content (AvgIpc) is 2.38. The van der Waals surface area contributed by atoms with E-state index in [1.165, 1.54) is 6.20 Å². The maximum Gasteiger partial charge on any atom is 0.271 e. The van der Waals surface area contributed by atoms with Crippen LogP contribution in [0.1, 0.15) is 10.4 Å². The number of hydrogen-bond donors (Lipinski definition) is 2. The number of carbonyl (C=O) groups is 1. The number of hydrazine groups is 1. The summed E-state index contributed by atoms with van der Waals surface area (Å²) in [5.41, 5.74) is 6.61. The molecule has 1 amide bonds. The predicted octanol–water partition coefficient (Wildman–Crippen LogP) is 1.23. The first-order chi connectivity index (χ1) is 7.86. The third kappa shape index (κ3) is 2.54. The maximum absolute atomic E-state index is 11.6. The largest absolute Gasteiger partial charge is 0.298 e. The van der Waals surface area contributed by atoms with Crippen LogP contribution in [0.4, 0.5) is 5.69 Å². The number of amides is 1. The standard InChI is InChI=1S/C11H10N4O/c16-11(9-2-1-5-13-8-9)15-14-10-3-6-12-7-4-10/h1-8H,(H,12,14)(H,15,16). The zero-order valence-electron chi connectivity index (χ0n) is 8.42. The van der Waals surface area contributed by atoms with Crippen molar-refractivity contribution in [3.8, 4) is 0 Å². The highest BCUT2D eigenvalue weighted by Gasteiger charge is 2.03. The number of nitrogens with one attached hydrogen (secondary N) is 2. The van der Waals surface area contributed by atoms with Gasteiger partial charge in [0.25, 0.3) is 5.91 Å². The zero-order valence-corrected chi connectivity index (χ0v) is 8.42. The Balaban J connectivity index is 1.95. The molecule has 5 heteroatoms. The molecule has 0 saturated carbocycles. The third-order valence-electron chi connectivity index (χ3n) is 1.92. The first-order valence-corrected chi connectivity index (χ1v) is 4.72. The van der Waals surface area contributed by atoms with Gasteiger partial charge in [0.05, 0.1) is 11.3 Å². The molecule has 5 nitrogen and oxygen atoms in total. The van der Waals surface area contributed by atoms with Gasteiger partial charge in [-0.05, 0) is 24.3 Å². The van der Waals surface area contributed by atoms with Gasteiger partial charge < -0.3 is 0 Å². The minimum Gasteiger partial charge on any atom is -0.298 e. The van der Waals surface area contributed by atoms with Gasteiger partial charge in [0, 0.05) is 24.8 Å². The Bertz CT molecular complexity index is 458. The van der Waals surface area contributed by atoms with Crippen LogP contribution in [0.5, 0.6) is 0 Å². The summed E-state index contributed by atoms with van der Waals surface area (Å²) in [4.78, 5) is 19.3. The van der Waals surface area contributed by atoms with Gasteiger partial charge in [-0.3, -0.25) is 25.6 Å². The summed E-state index contributed by atoms with van der Waals surface area (Å²) in [5, 5.41) is 0. The van der Waals surface area contributed by atoms with Gasteiger partial charge in [-0.2, -0.15) is 0 Å². The number of anilines is 1. The van der Waals surface area contributed by atoms with E-state index in [0.29, 0.717) is 5.56 Å². The van der Waals surface area contributed by atoms with Crippen molar-refractivity contribution >= 4 is 11.6 Å². The van der Waals surface area contributed by atoms with Crippen molar-refractivity contribution in [1.82, 2.24) is 15.4 Å². The van der Waals surface area contributed by atoms with Crippen molar-refractivity contribution in [3.05, 3.63) is 54.6 Å². The molecule has 0 unspecified atom stereocenters. The van der Waals surface area contributed by atoms with Crippen molar-refractivity contribution in [2.24, 2.45) is 0 Å². The summed E-state index contributed by atoms with van der Waals surface area (Å²) < 4.78 is 0. The molecular formula is C11H10N4O. The number of rotatable bonds is 3. The number of aromatic nitrogens is 2. The second-order valence-corrected chi connectivity index (χ2v) is 3.06. The average molecular weight is 214 g/mol. The smallest absolute Gasteiger partial charge is 0.271 e. The summed E-state index contributed by atoms with van der Waals surface area (Å²) in [6.07, 6.45) is 6.40. The Labute approximate surface area is 92.5 Å². The van der Waals surface area contributed by atoms with E-state index >= 15 is 0 Å². The molecule has 2 rings (SSSR count). The van der Waals surface area contributed by atoms with E-state index in [9.17, 15) is 4.79 Å². The van der Waals surface area contributed by atoms with Gasteiger partial charge in [-0.25, -0.2) is 0 Å². The Morgan fingerprint density at radius 3 is 2.56 bits per heavy atom. The highest BCUT2D eigenvalue weighted by molar-refractivity contribution is 5.94. The van der Waals surface area contributed by atoms with Crippen molar-refractivity contribution in [2.75, 3.05) is 5.43 Å². The first-order valence-electron chi connectivity index (χ1n) is 4.72. The minimum absolute atomic E-state index is 0.232. The molecule has 80 valence electrons. The molecule has 0 bridgehead atoms. The Kier molecular flexibility index (Phi) is 3.08. The molecule has 0 aliphatic rings. The van der Waals surface area contributed by atoms with Crippen LogP contribution in [0.3, 0.4) is 0 Å². The fourth-order valence-corrected chi connectivity index (χ4v) is 1.13. The van der Waals surface area contributed by atoms with Crippen LogP contribution in [0, 0.1) is 0 Å². The molecular weight excluding hydrogens is 204 g/mol. The Morgan fingerprint density at radius 1 is 1.06 bits per heavy atom. The molecule has 0 saturated heterocycles. The topological polar surface area (TPSA) is 66.9 Å². The summed E-state index contributed by atoms with van der Waals surface area (Å²) >= 11 is 0. The number of nitrogens with zero attached hydrogens (tertiary/aromatic N) is 2. The van der Waals surface area contributed by atoms with Crippen molar-refractivity contribution < 1.29 is 4.79 Å². The monoisotopic (exact) mass is 214 g/mol. The van der Waals surface area contributed by atoms with Gasteiger partial charge in [0.15, 0.2) is 0 Å². The second kappa shape index (κ2) is 4.88. The van der Waals surface area contributed by atoms with Crippen LogP contribution in [-0.2, 0) is 0 Å². The van der Waals surface area contributed by atoms with Crippen LogP contribution in [0.15, 0.2) is 49.1 Å². The summed E-state index contributed by atoms with van der Waals surface area (Å²) in [7, 11) is 0. The molecule has 0 atom stereocenters. The lowest BCUT2D eigenvalue weighted by atomic mass is 10.3. The van der Waals surface area contributed by atoms with Gasteiger partial charge >= 0.3 is 0 Å². The normalized spacial score (nSPS) is 9.50. The molecule has 0 aliphatic heterocycles. The van der Waals surface area contributed by atoms with E-state index in [1.54, 1.807) is 42.9 Å². The zero-order chi connectivity index (χ0) is 11.2. The van der Waals surface area contributed by atoms with Crippen molar-refractivity contribution in [1.29, 1.82) is 0 Å². The van der Waals surface area contributed by atoms with Crippen LogP contribution < -0.4 is 10.9 Å². The molecule has 2 aromatic heterocycles. The molecule has 0 aliphatic carbocycles. The Morgan fingerprint density at radius 2 is 1.88 bits per heavy atom. The van der Waals surface area contributed by atoms with Gasteiger partial charge in [0.2, 0.25) is 0 Å². The first kappa shape index (κ1) is 10.1. The summed E-state index contributed by atoms with van der Waals surface area (Å²) in [6, 6.07) is 6.91. The Hall–Kier alpha value is -2.43. The number of pyridine rings is 2. The highest BCUT2D eigenvalue weighted by atomic mass is 16.2. The van der Waals surface area contributed by atoms with Crippen LogP contribution in [0.25, 0.3) is 0 Å². The van der Waals surface area contributed by atoms with Crippen LogP contribution in [-0.4, -0.2) is 15.9 Å². The van der Waals surface area contributed by atoms with Gasteiger partial charge in [0.1, 0.15) is 0 Å². The fraction of sp³-hybridized carbons (Fsp3) is 0. The summed E-state index contributed by atoms with van der Waals surface area (Å²) in [5.74, 6) is -0.232. The molecule has 2 heterocycles. The minimum atomic E-state index is -0.232. The van der Waals surface area contributed by atoms with E-state index in [4.69, 9.17) is 0 Å². The van der Waals surface area contributed by atoms with Crippen molar-refractivity contribution in [3.63, 3.8) is 0 Å². The van der Waals surface area contributed by atoms with Crippen molar-refractivity contribution in [2.45, 2.75) is 0 Å². The molecule has 0 radical (unpaired) electrons. The lowest BCUT2D eigenvalue weighted by Crippen LogP contribution is -2.29. The lowest BCUT2D eigenvalue weighted by Gasteiger charge is -2.07. The molecule has 16 heavy (non-hydrogen) atoms. The maximum atomic E-state index is 11.6. The number of carbonyl (C=O) groups excluding carboxylic acids is 1. The van der Waals surface area contributed by atoms with Crippen LogP contribution >= 0.6 is 0 Å². The van der Waals surface area contributed by atoms with E-state index in [-0.39, 0.29) is 5.91 Å². The highest BCUT2D eigenvalue weighted by Crippen LogP contribution is 2.01.